The van der Waals surface area contributed by atoms with Crippen LogP contribution in [0.1, 0.15) is 18.4 Å². The van der Waals surface area contributed by atoms with E-state index in [2.05, 4.69) is 4.72 Å². The number of benzene rings is 1. The normalized spacial score (nSPS) is 10.8. The SMILES string of the molecule is N#Cc1ccccc1NS(=O)(=O)CCCCCl. The second-order valence-corrected chi connectivity index (χ2v) is 5.69. The summed E-state index contributed by atoms with van der Waals surface area (Å²) in [7, 11) is -3.40. The zero-order valence-corrected chi connectivity index (χ0v) is 10.8. The number of nitrogens with one attached hydrogen (secondary N) is 1. The first kappa shape index (κ1) is 13.8. The van der Waals surface area contributed by atoms with Crippen LogP contribution in [0.25, 0.3) is 0 Å². The second kappa shape index (κ2) is 6.48. The fourth-order valence-corrected chi connectivity index (χ4v) is 2.66. The number of unbranched alkanes of at least 4 members (excludes halogenated alkanes) is 1. The van der Waals surface area contributed by atoms with Crippen LogP contribution in [0.15, 0.2) is 24.3 Å². The highest BCUT2D eigenvalue weighted by Crippen LogP contribution is 2.15. The van der Waals surface area contributed by atoms with Crippen LogP contribution in [0, 0.1) is 11.3 Å². The molecular weight excluding hydrogens is 260 g/mol. The Morgan fingerprint density at radius 2 is 2.00 bits per heavy atom. The molecule has 0 atom stereocenters. The van der Waals surface area contributed by atoms with Crippen molar-refractivity contribution in [2.75, 3.05) is 16.4 Å². The number of anilines is 1. The van der Waals surface area contributed by atoms with Gasteiger partial charge in [0.25, 0.3) is 0 Å². The molecule has 0 aliphatic carbocycles. The highest BCUT2D eigenvalue weighted by atomic mass is 35.5. The van der Waals surface area contributed by atoms with Crippen LogP contribution in [0.4, 0.5) is 5.69 Å². The third-order valence-corrected chi connectivity index (χ3v) is 3.73. The summed E-state index contributed by atoms with van der Waals surface area (Å²) in [5, 5.41) is 8.83. The maximum absolute atomic E-state index is 11.7. The second-order valence-electron chi connectivity index (χ2n) is 3.47. The van der Waals surface area contributed by atoms with Gasteiger partial charge in [-0.2, -0.15) is 5.26 Å². The Morgan fingerprint density at radius 3 is 2.65 bits per heavy atom. The highest BCUT2D eigenvalue weighted by Gasteiger charge is 2.11. The van der Waals surface area contributed by atoms with E-state index >= 15 is 0 Å². The quantitative estimate of drug-likeness (QED) is 0.638. The number of hydrogen-bond acceptors (Lipinski definition) is 3. The lowest BCUT2D eigenvalue weighted by atomic mass is 10.2. The Balaban J connectivity index is 2.73. The summed E-state index contributed by atoms with van der Waals surface area (Å²) in [5.41, 5.74) is 0.634. The lowest BCUT2D eigenvalue weighted by molar-refractivity contribution is 0.598. The summed E-state index contributed by atoms with van der Waals surface area (Å²) in [6.07, 6.45) is 1.16. The summed E-state index contributed by atoms with van der Waals surface area (Å²) in [4.78, 5) is 0. The van der Waals surface area contributed by atoms with E-state index in [4.69, 9.17) is 16.9 Å². The summed E-state index contributed by atoms with van der Waals surface area (Å²) < 4.78 is 25.8. The molecule has 0 unspecified atom stereocenters. The molecule has 0 aliphatic heterocycles. The molecule has 0 aliphatic rings. The van der Waals surface area contributed by atoms with E-state index in [9.17, 15) is 8.42 Å². The van der Waals surface area contributed by atoms with Crippen molar-refractivity contribution < 1.29 is 8.42 Å². The fourth-order valence-electron chi connectivity index (χ4n) is 1.27. The fraction of sp³-hybridized carbons (Fsp3) is 0.364. The molecule has 1 aromatic carbocycles. The largest absolute Gasteiger partial charge is 0.282 e. The summed E-state index contributed by atoms with van der Waals surface area (Å²) in [6.45, 7) is 0. The molecule has 4 nitrogen and oxygen atoms in total. The van der Waals surface area contributed by atoms with Gasteiger partial charge in [0.15, 0.2) is 0 Å². The molecule has 1 N–H and O–H groups in total. The smallest absolute Gasteiger partial charge is 0.232 e. The van der Waals surface area contributed by atoms with Crippen molar-refractivity contribution in [1.82, 2.24) is 0 Å². The van der Waals surface area contributed by atoms with Gasteiger partial charge in [0.1, 0.15) is 6.07 Å². The van der Waals surface area contributed by atoms with Crippen molar-refractivity contribution in [2.24, 2.45) is 0 Å². The molecule has 0 radical (unpaired) electrons. The molecule has 0 aromatic heterocycles. The van der Waals surface area contributed by atoms with Crippen LogP contribution in [0.5, 0.6) is 0 Å². The van der Waals surface area contributed by atoms with Crippen LogP contribution in [-0.4, -0.2) is 20.1 Å². The predicted octanol–water partition coefficient (Wildman–Crippen LogP) is 2.32. The maximum Gasteiger partial charge on any atom is 0.232 e. The van der Waals surface area contributed by atoms with Gasteiger partial charge < -0.3 is 0 Å². The Morgan fingerprint density at radius 1 is 1.29 bits per heavy atom. The molecule has 0 bridgehead atoms. The highest BCUT2D eigenvalue weighted by molar-refractivity contribution is 7.92. The monoisotopic (exact) mass is 272 g/mol. The molecule has 0 spiro atoms. The van der Waals surface area contributed by atoms with Gasteiger partial charge in [0.2, 0.25) is 10.0 Å². The van der Waals surface area contributed by atoms with Crippen molar-refractivity contribution in [3.63, 3.8) is 0 Å². The molecular formula is C11H13ClN2O2S. The van der Waals surface area contributed by atoms with Gasteiger partial charge in [-0.05, 0) is 25.0 Å². The molecule has 1 aromatic rings. The molecule has 0 amide bonds. The molecule has 17 heavy (non-hydrogen) atoms. The van der Waals surface area contributed by atoms with Gasteiger partial charge >= 0.3 is 0 Å². The molecule has 1 rings (SSSR count). The third-order valence-electron chi connectivity index (χ3n) is 2.11. The van der Waals surface area contributed by atoms with Crippen molar-refractivity contribution in [2.45, 2.75) is 12.8 Å². The zero-order chi connectivity index (χ0) is 12.7. The first-order valence-corrected chi connectivity index (χ1v) is 7.33. The predicted molar refractivity (Wildman–Crippen MR) is 68.5 cm³/mol. The van der Waals surface area contributed by atoms with Crippen molar-refractivity contribution >= 4 is 27.3 Å². The van der Waals surface area contributed by atoms with E-state index in [1.807, 2.05) is 6.07 Å². The van der Waals surface area contributed by atoms with Crippen LogP contribution < -0.4 is 4.72 Å². The number of halogens is 1. The minimum absolute atomic E-state index is 0.0134. The minimum Gasteiger partial charge on any atom is -0.282 e. The van der Waals surface area contributed by atoms with E-state index in [1.165, 1.54) is 0 Å². The van der Waals surface area contributed by atoms with Gasteiger partial charge in [-0.1, -0.05) is 12.1 Å². The van der Waals surface area contributed by atoms with Gasteiger partial charge in [-0.25, -0.2) is 8.42 Å². The first-order valence-electron chi connectivity index (χ1n) is 5.14. The number of nitriles is 1. The van der Waals surface area contributed by atoms with Crippen LogP contribution in [0.2, 0.25) is 0 Å². The van der Waals surface area contributed by atoms with Gasteiger partial charge in [-0.15, -0.1) is 11.6 Å². The topological polar surface area (TPSA) is 70.0 Å². The van der Waals surface area contributed by atoms with Crippen molar-refractivity contribution in [1.29, 1.82) is 5.26 Å². The molecule has 0 heterocycles. The van der Waals surface area contributed by atoms with Crippen LogP contribution in [0.3, 0.4) is 0 Å². The summed E-state index contributed by atoms with van der Waals surface area (Å²) in [6, 6.07) is 8.43. The van der Waals surface area contributed by atoms with E-state index in [1.54, 1.807) is 24.3 Å². The number of para-hydroxylation sites is 1. The Labute approximate surface area is 106 Å². The number of alkyl halides is 1. The number of nitrogens with zero attached hydrogens (tertiary/aromatic N) is 1. The molecule has 0 saturated heterocycles. The molecule has 0 saturated carbocycles. The van der Waals surface area contributed by atoms with Gasteiger partial charge in [0, 0.05) is 5.88 Å². The zero-order valence-electron chi connectivity index (χ0n) is 9.19. The van der Waals surface area contributed by atoms with Crippen molar-refractivity contribution in [3.05, 3.63) is 29.8 Å². The number of sulfonamides is 1. The third kappa shape index (κ3) is 4.63. The standard InChI is InChI=1S/C11H13ClN2O2S/c12-7-3-4-8-17(15,16)14-11-6-2-1-5-10(11)9-13/h1-2,5-6,14H,3-4,7-8H2. The van der Waals surface area contributed by atoms with Crippen LogP contribution in [-0.2, 0) is 10.0 Å². The minimum atomic E-state index is -3.40. The van der Waals surface area contributed by atoms with E-state index in [0.29, 0.717) is 30.0 Å². The first-order chi connectivity index (χ1) is 8.09. The van der Waals surface area contributed by atoms with Gasteiger partial charge in [-0.3, -0.25) is 4.72 Å². The Hall–Kier alpha value is -1.25. The van der Waals surface area contributed by atoms with E-state index in [0.717, 1.165) is 0 Å². The molecule has 0 fully saturated rings. The molecule has 92 valence electrons. The lowest BCUT2D eigenvalue weighted by Gasteiger charge is -2.08. The number of hydrogen-bond donors (Lipinski definition) is 1. The average Bonchev–Trinajstić information content (AvgIpc) is 2.29. The number of rotatable bonds is 6. The Kier molecular flexibility index (Phi) is 5.26. The summed E-state index contributed by atoms with van der Waals surface area (Å²) in [5.74, 6) is 0.462. The average molecular weight is 273 g/mol. The van der Waals surface area contributed by atoms with E-state index in [-0.39, 0.29) is 5.75 Å². The van der Waals surface area contributed by atoms with Crippen molar-refractivity contribution in [3.8, 4) is 6.07 Å². The maximum atomic E-state index is 11.7. The van der Waals surface area contributed by atoms with Crippen LogP contribution >= 0.6 is 11.6 Å². The lowest BCUT2D eigenvalue weighted by Crippen LogP contribution is -2.17. The van der Waals surface area contributed by atoms with E-state index < -0.39 is 10.0 Å². The summed E-state index contributed by atoms with van der Waals surface area (Å²) >= 11 is 5.48. The molecule has 6 heteroatoms. The van der Waals surface area contributed by atoms with Gasteiger partial charge in [0.05, 0.1) is 17.0 Å². The Bertz CT molecular complexity index is 508.